The van der Waals surface area contributed by atoms with Gasteiger partial charge in [0.2, 0.25) is 5.91 Å². The van der Waals surface area contributed by atoms with E-state index in [4.69, 9.17) is 11.6 Å². The highest BCUT2D eigenvalue weighted by atomic mass is 79.9. The van der Waals surface area contributed by atoms with Crippen molar-refractivity contribution >= 4 is 33.4 Å². The van der Waals surface area contributed by atoms with Crippen molar-refractivity contribution in [3.05, 3.63) is 62.6 Å². The van der Waals surface area contributed by atoms with Crippen LogP contribution in [0.15, 0.2) is 51.9 Å². The highest BCUT2D eigenvalue weighted by Gasteiger charge is 2.19. The van der Waals surface area contributed by atoms with Gasteiger partial charge in [-0.1, -0.05) is 23.7 Å². The quantitative estimate of drug-likeness (QED) is 0.648. The monoisotopic (exact) mass is 449 g/mol. The van der Waals surface area contributed by atoms with E-state index in [-0.39, 0.29) is 18.5 Å². The molecular formula is C18H17BrClN5O2. The molecule has 0 spiro atoms. The zero-order chi connectivity index (χ0) is 19.6. The van der Waals surface area contributed by atoms with Crippen molar-refractivity contribution in [1.29, 1.82) is 0 Å². The number of carbonyl (C=O) groups is 1. The molecule has 0 aliphatic heterocycles. The maximum absolute atomic E-state index is 13.0. The van der Waals surface area contributed by atoms with Crippen molar-refractivity contribution in [3.63, 3.8) is 0 Å². The molecule has 0 bridgehead atoms. The van der Waals surface area contributed by atoms with Gasteiger partial charge in [-0.3, -0.25) is 9.36 Å². The molecule has 0 fully saturated rings. The molecule has 0 saturated carbocycles. The summed E-state index contributed by atoms with van der Waals surface area (Å²) in [4.78, 5) is 29.4. The van der Waals surface area contributed by atoms with Crippen molar-refractivity contribution in [3.8, 4) is 17.2 Å². The van der Waals surface area contributed by atoms with Crippen LogP contribution in [-0.2, 0) is 11.3 Å². The first-order valence-corrected chi connectivity index (χ1v) is 9.39. The number of rotatable bonds is 5. The summed E-state index contributed by atoms with van der Waals surface area (Å²) in [6, 6.07) is 10.4. The molecule has 2 aromatic heterocycles. The molecule has 1 aromatic carbocycles. The van der Waals surface area contributed by atoms with Gasteiger partial charge in [0.25, 0.3) is 0 Å². The minimum Gasteiger partial charge on any atom is -0.352 e. The van der Waals surface area contributed by atoms with Crippen LogP contribution in [0.2, 0.25) is 5.02 Å². The Hall–Kier alpha value is -2.45. The summed E-state index contributed by atoms with van der Waals surface area (Å²) in [6.07, 6.45) is 1.57. The zero-order valence-electron chi connectivity index (χ0n) is 14.7. The predicted molar refractivity (Wildman–Crippen MR) is 107 cm³/mol. The van der Waals surface area contributed by atoms with Crippen LogP contribution in [0.3, 0.4) is 0 Å². The summed E-state index contributed by atoms with van der Waals surface area (Å²) in [7, 11) is 0. The first kappa shape index (κ1) is 19.3. The van der Waals surface area contributed by atoms with Gasteiger partial charge in [-0.25, -0.2) is 9.78 Å². The zero-order valence-corrected chi connectivity index (χ0v) is 17.0. The van der Waals surface area contributed by atoms with Gasteiger partial charge in [-0.15, -0.1) is 5.10 Å². The molecule has 0 radical (unpaired) electrons. The first-order valence-electron chi connectivity index (χ1n) is 8.22. The molecule has 0 aliphatic carbocycles. The van der Waals surface area contributed by atoms with E-state index in [0.717, 1.165) is 4.47 Å². The average Bonchev–Trinajstić information content (AvgIpc) is 2.92. The number of benzene rings is 1. The van der Waals surface area contributed by atoms with E-state index in [2.05, 4.69) is 31.3 Å². The molecule has 0 unspecified atom stereocenters. The Bertz CT molecular complexity index is 1030. The Balaban J connectivity index is 2.12. The van der Waals surface area contributed by atoms with Gasteiger partial charge >= 0.3 is 5.69 Å². The number of nitrogens with zero attached hydrogens (tertiary/aromatic N) is 4. The molecule has 27 heavy (non-hydrogen) atoms. The van der Waals surface area contributed by atoms with Gasteiger partial charge in [0, 0.05) is 27.3 Å². The van der Waals surface area contributed by atoms with Crippen molar-refractivity contribution in [2.45, 2.75) is 26.4 Å². The molecule has 1 amide bonds. The Morgan fingerprint density at radius 2 is 2.07 bits per heavy atom. The third-order valence-electron chi connectivity index (χ3n) is 3.63. The summed E-state index contributed by atoms with van der Waals surface area (Å²) >= 11 is 9.40. The van der Waals surface area contributed by atoms with Crippen LogP contribution in [0.1, 0.15) is 13.8 Å². The Morgan fingerprint density at radius 3 is 2.70 bits per heavy atom. The van der Waals surface area contributed by atoms with Crippen LogP contribution in [0.25, 0.3) is 17.2 Å². The minimum absolute atomic E-state index is 0.0361. The van der Waals surface area contributed by atoms with Crippen LogP contribution in [0.5, 0.6) is 0 Å². The fourth-order valence-corrected chi connectivity index (χ4v) is 2.96. The van der Waals surface area contributed by atoms with Crippen molar-refractivity contribution in [2.75, 3.05) is 0 Å². The molecule has 140 valence electrons. The van der Waals surface area contributed by atoms with Gasteiger partial charge in [0.15, 0.2) is 11.6 Å². The van der Waals surface area contributed by atoms with E-state index in [0.29, 0.717) is 22.2 Å². The molecule has 9 heteroatoms. The van der Waals surface area contributed by atoms with E-state index in [1.807, 2.05) is 13.8 Å². The smallest absolute Gasteiger partial charge is 0.352 e. The fraction of sp³-hybridized carbons (Fsp3) is 0.222. The molecule has 0 atom stereocenters. The van der Waals surface area contributed by atoms with Gasteiger partial charge < -0.3 is 5.32 Å². The maximum atomic E-state index is 13.0. The molecular weight excluding hydrogens is 434 g/mol. The number of hydrogen-bond donors (Lipinski definition) is 1. The molecule has 3 aromatic rings. The average molecular weight is 451 g/mol. The summed E-state index contributed by atoms with van der Waals surface area (Å²) in [5, 5.41) is 7.69. The van der Waals surface area contributed by atoms with Crippen molar-refractivity contribution in [1.82, 2.24) is 24.6 Å². The number of nitrogens with one attached hydrogen (secondary N) is 1. The number of carbonyl (C=O) groups excluding carboxylic acids is 1. The maximum Gasteiger partial charge on any atom is 0.352 e. The minimum atomic E-state index is -0.460. The molecule has 3 rings (SSSR count). The molecule has 1 N–H and O–H groups in total. The third-order valence-corrected chi connectivity index (χ3v) is 4.33. The van der Waals surface area contributed by atoms with E-state index in [9.17, 15) is 9.59 Å². The lowest BCUT2D eigenvalue weighted by Crippen LogP contribution is -2.36. The van der Waals surface area contributed by atoms with E-state index in [1.165, 1.54) is 9.25 Å². The van der Waals surface area contributed by atoms with Crippen LogP contribution in [0, 0.1) is 0 Å². The number of aromatic nitrogens is 4. The SMILES string of the molecule is CC(C)NC(=O)Cn1c(-c2cccc(Cl)c2)nn(-c2ccc(Br)cn2)c1=O. The lowest BCUT2D eigenvalue weighted by Gasteiger charge is -2.09. The van der Waals surface area contributed by atoms with E-state index < -0.39 is 5.69 Å². The van der Waals surface area contributed by atoms with Crippen LogP contribution in [-0.4, -0.2) is 31.3 Å². The molecule has 7 nitrogen and oxygen atoms in total. The van der Waals surface area contributed by atoms with Gasteiger partial charge in [0.05, 0.1) is 0 Å². The first-order chi connectivity index (χ1) is 12.8. The Kier molecular flexibility index (Phi) is 5.76. The third kappa shape index (κ3) is 4.45. The lowest BCUT2D eigenvalue weighted by molar-refractivity contribution is -0.122. The number of pyridine rings is 1. The normalized spacial score (nSPS) is 11.0. The highest BCUT2D eigenvalue weighted by Crippen LogP contribution is 2.21. The summed E-state index contributed by atoms with van der Waals surface area (Å²) in [5.74, 6) is 0.416. The topological polar surface area (TPSA) is 81.8 Å². The number of amides is 1. The summed E-state index contributed by atoms with van der Waals surface area (Å²) < 4.78 is 3.27. The van der Waals surface area contributed by atoms with Gasteiger partial charge in [-0.05, 0) is 54.0 Å². The molecule has 0 aliphatic rings. The molecule has 2 heterocycles. The van der Waals surface area contributed by atoms with Gasteiger partial charge in [-0.2, -0.15) is 4.68 Å². The lowest BCUT2D eigenvalue weighted by atomic mass is 10.2. The van der Waals surface area contributed by atoms with Crippen LogP contribution >= 0.6 is 27.5 Å². The van der Waals surface area contributed by atoms with Gasteiger partial charge in [0.1, 0.15) is 6.54 Å². The Morgan fingerprint density at radius 1 is 1.30 bits per heavy atom. The van der Waals surface area contributed by atoms with Crippen molar-refractivity contribution < 1.29 is 4.79 Å². The predicted octanol–water partition coefficient (Wildman–Crippen LogP) is 3.04. The van der Waals surface area contributed by atoms with E-state index in [1.54, 1.807) is 42.6 Å². The summed E-state index contributed by atoms with van der Waals surface area (Å²) in [5.41, 5.74) is 0.173. The molecule has 0 saturated heterocycles. The van der Waals surface area contributed by atoms with Crippen LogP contribution in [0.4, 0.5) is 0 Å². The second-order valence-electron chi connectivity index (χ2n) is 6.17. The Labute approximate surface area is 169 Å². The van der Waals surface area contributed by atoms with Crippen molar-refractivity contribution in [2.24, 2.45) is 0 Å². The second kappa shape index (κ2) is 8.06. The number of halogens is 2. The number of hydrogen-bond acceptors (Lipinski definition) is 4. The standard InChI is InChI=1S/C18H17BrClN5O2/c1-11(2)22-16(26)10-24-17(12-4-3-5-14(20)8-12)23-25(18(24)27)15-7-6-13(19)9-21-15/h3-9,11H,10H2,1-2H3,(H,22,26). The van der Waals surface area contributed by atoms with Crippen LogP contribution < -0.4 is 11.0 Å². The fourth-order valence-electron chi connectivity index (χ4n) is 2.53. The summed E-state index contributed by atoms with van der Waals surface area (Å²) in [6.45, 7) is 3.55. The second-order valence-corrected chi connectivity index (χ2v) is 7.52. The van der Waals surface area contributed by atoms with E-state index >= 15 is 0 Å². The largest absolute Gasteiger partial charge is 0.352 e. The highest BCUT2D eigenvalue weighted by molar-refractivity contribution is 9.10.